The number of aliphatic carboxylic acids is 1. The summed E-state index contributed by atoms with van der Waals surface area (Å²) in [4.78, 5) is 23.8. The van der Waals surface area contributed by atoms with Crippen molar-refractivity contribution in [3.8, 4) is 0 Å². The van der Waals surface area contributed by atoms with Gasteiger partial charge in [-0.1, -0.05) is 12.1 Å². The fourth-order valence-electron chi connectivity index (χ4n) is 2.73. The Morgan fingerprint density at radius 2 is 1.70 bits per heavy atom. The monoisotopic (exact) mass is 278 g/mol. The number of anilines is 1. The van der Waals surface area contributed by atoms with E-state index in [2.05, 4.69) is 0 Å². The highest BCUT2D eigenvalue weighted by atomic mass is 16.4. The van der Waals surface area contributed by atoms with Crippen molar-refractivity contribution in [2.45, 2.75) is 18.8 Å². The molecule has 1 heterocycles. The van der Waals surface area contributed by atoms with Gasteiger partial charge in [-0.15, -0.1) is 0 Å². The van der Waals surface area contributed by atoms with Crippen molar-refractivity contribution >= 4 is 17.7 Å². The highest BCUT2D eigenvalue weighted by Gasteiger charge is 2.33. The average molecular weight is 278 g/mol. The van der Waals surface area contributed by atoms with Gasteiger partial charge >= 0.3 is 12.1 Å². The van der Waals surface area contributed by atoms with Gasteiger partial charge in [0.2, 0.25) is 0 Å². The normalized spacial score (nSPS) is 23.1. The van der Waals surface area contributed by atoms with Crippen LogP contribution in [-0.2, 0) is 4.79 Å². The molecule has 1 aromatic carbocycles. The van der Waals surface area contributed by atoms with Crippen molar-refractivity contribution < 1.29 is 19.8 Å². The summed E-state index contributed by atoms with van der Waals surface area (Å²) in [6, 6.07) is 7.14. The predicted octanol–water partition coefficient (Wildman–Crippen LogP) is 1.83. The first-order valence-corrected chi connectivity index (χ1v) is 6.55. The fourth-order valence-corrected chi connectivity index (χ4v) is 2.73. The maximum atomic E-state index is 11.4. The van der Waals surface area contributed by atoms with E-state index in [0.717, 1.165) is 5.56 Å². The van der Waals surface area contributed by atoms with Crippen molar-refractivity contribution in [2.75, 3.05) is 18.8 Å². The van der Waals surface area contributed by atoms with Gasteiger partial charge in [-0.2, -0.15) is 0 Å². The molecule has 1 unspecified atom stereocenters. The predicted molar refractivity (Wildman–Crippen MR) is 73.6 cm³/mol. The Kier molecular flexibility index (Phi) is 4.12. The van der Waals surface area contributed by atoms with Crippen molar-refractivity contribution in [3.63, 3.8) is 0 Å². The zero-order valence-corrected chi connectivity index (χ0v) is 11.0. The third kappa shape index (κ3) is 3.01. The molecule has 1 aromatic rings. The third-order valence-electron chi connectivity index (χ3n) is 3.86. The number of nitrogens with two attached hydrogens (primary N) is 1. The Morgan fingerprint density at radius 1 is 1.10 bits per heavy atom. The maximum Gasteiger partial charge on any atom is 0.407 e. The summed E-state index contributed by atoms with van der Waals surface area (Å²) in [5.41, 5.74) is 7.17. The molecule has 0 aliphatic carbocycles. The summed E-state index contributed by atoms with van der Waals surface area (Å²) in [5.74, 6) is -1.63. The van der Waals surface area contributed by atoms with E-state index in [-0.39, 0.29) is 12.5 Å². The molecule has 1 amide bonds. The Morgan fingerprint density at radius 3 is 2.25 bits per heavy atom. The minimum absolute atomic E-state index is 0.183. The lowest BCUT2D eigenvalue weighted by Gasteiger charge is -2.21. The Hall–Kier alpha value is -2.24. The first-order chi connectivity index (χ1) is 9.49. The van der Waals surface area contributed by atoms with Gasteiger partial charge in [-0.25, -0.2) is 4.79 Å². The quantitative estimate of drug-likeness (QED) is 0.716. The van der Waals surface area contributed by atoms with Gasteiger partial charge in [-0.3, -0.25) is 4.79 Å². The average Bonchev–Trinajstić information content (AvgIpc) is 2.62. The second kappa shape index (κ2) is 5.81. The van der Waals surface area contributed by atoms with Gasteiger partial charge in [0.05, 0.1) is 5.92 Å². The van der Waals surface area contributed by atoms with Crippen LogP contribution in [0.15, 0.2) is 24.3 Å². The Bertz CT molecular complexity index is 500. The highest BCUT2D eigenvalue weighted by Crippen LogP contribution is 2.34. The van der Waals surface area contributed by atoms with Crippen LogP contribution < -0.4 is 5.73 Å². The van der Waals surface area contributed by atoms with Crippen LogP contribution in [0.1, 0.15) is 24.3 Å². The topological polar surface area (TPSA) is 104 Å². The number of nitrogens with zero attached hydrogens (tertiary/aromatic N) is 1. The molecule has 4 N–H and O–H groups in total. The molecule has 1 fully saturated rings. The zero-order chi connectivity index (χ0) is 14.7. The number of hydrogen-bond donors (Lipinski definition) is 3. The molecule has 6 heteroatoms. The third-order valence-corrected chi connectivity index (χ3v) is 3.86. The molecule has 1 aliphatic heterocycles. The molecule has 20 heavy (non-hydrogen) atoms. The van der Waals surface area contributed by atoms with Crippen LogP contribution in [0.4, 0.5) is 10.5 Å². The molecule has 2 rings (SSSR count). The molecule has 0 aromatic heterocycles. The number of hydrogen-bond acceptors (Lipinski definition) is 3. The lowest BCUT2D eigenvalue weighted by Crippen LogP contribution is -2.30. The van der Waals surface area contributed by atoms with E-state index < -0.39 is 18.0 Å². The molecule has 0 bridgehead atoms. The highest BCUT2D eigenvalue weighted by molar-refractivity contribution is 5.72. The molecule has 0 spiro atoms. The first-order valence-electron chi connectivity index (χ1n) is 6.55. The van der Waals surface area contributed by atoms with Crippen LogP contribution in [0.2, 0.25) is 0 Å². The summed E-state index contributed by atoms with van der Waals surface area (Å²) in [6.45, 7) is 0.617. The Labute approximate surface area is 116 Å². The van der Waals surface area contributed by atoms with E-state index in [1.54, 1.807) is 12.1 Å². The van der Waals surface area contributed by atoms with Crippen molar-refractivity contribution in [1.82, 2.24) is 4.90 Å². The largest absolute Gasteiger partial charge is 0.481 e. The molecule has 6 nitrogen and oxygen atoms in total. The maximum absolute atomic E-state index is 11.4. The van der Waals surface area contributed by atoms with E-state index in [0.29, 0.717) is 25.1 Å². The lowest BCUT2D eigenvalue weighted by molar-refractivity contribution is -0.142. The lowest BCUT2D eigenvalue weighted by atomic mass is 9.82. The second-order valence-corrected chi connectivity index (χ2v) is 5.06. The van der Waals surface area contributed by atoms with E-state index in [4.69, 9.17) is 10.8 Å². The minimum atomic E-state index is -0.993. The van der Waals surface area contributed by atoms with Crippen LogP contribution in [0, 0.1) is 5.92 Å². The summed E-state index contributed by atoms with van der Waals surface area (Å²) >= 11 is 0. The molecule has 0 radical (unpaired) electrons. The number of carboxylic acids is 1. The number of likely N-dealkylation sites (tertiary alicyclic amines) is 1. The number of carbonyl (C=O) groups is 2. The minimum Gasteiger partial charge on any atom is -0.481 e. The summed E-state index contributed by atoms with van der Waals surface area (Å²) < 4.78 is 0. The summed E-state index contributed by atoms with van der Waals surface area (Å²) in [5, 5.41) is 18.4. The van der Waals surface area contributed by atoms with E-state index in [1.165, 1.54) is 4.90 Å². The number of rotatable bonds is 2. The van der Waals surface area contributed by atoms with E-state index in [1.807, 2.05) is 12.1 Å². The van der Waals surface area contributed by atoms with Crippen LogP contribution in [0.5, 0.6) is 0 Å². The molecule has 1 aliphatic rings. The summed E-state index contributed by atoms with van der Waals surface area (Å²) in [7, 11) is 0. The molecular weight excluding hydrogens is 260 g/mol. The summed E-state index contributed by atoms with van der Waals surface area (Å²) in [6.07, 6.45) is -0.156. The molecule has 108 valence electrons. The van der Waals surface area contributed by atoms with Crippen molar-refractivity contribution in [1.29, 1.82) is 0 Å². The smallest absolute Gasteiger partial charge is 0.407 e. The van der Waals surface area contributed by atoms with Gasteiger partial charge in [0.1, 0.15) is 0 Å². The second-order valence-electron chi connectivity index (χ2n) is 5.06. The van der Waals surface area contributed by atoms with E-state index in [9.17, 15) is 14.7 Å². The zero-order valence-electron chi connectivity index (χ0n) is 11.0. The van der Waals surface area contributed by atoms with Gasteiger partial charge in [0, 0.05) is 18.8 Å². The van der Waals surface area contributed by atoms with Gasteiger partial charge < -0.3 is 20.8 Å². The van der Waals surface area contributed by atoms with Crippen LogP contribution in [0.25, 0.3) is 0 Å². The van der Waals surface area contributed by atoms with Gasteiger partial charge in [0.25, 0.3) is 0 Å². The molecule has 1 saturated heterocycles. The van der Waals surface area contributed by atoms with Crippen molar-refractivity contribution in [3.05, 3.63) is 29.8 Å². The van der Waals surface area contributed by atoms with Crippen LogP contribution in [0.3, 0.4) is 0 Å². The SMILES string of the molecule is Nc1ccc(C2CCN(C(=O)O)CC[C@@H]2C(=O)O)cc1. The van der Waals surface area contributed by atoms with Gasteiger partial charge in [-0.05, 0) is 36.5 Å². The first kappa shape index (κ1) is 14.2. The van der Waals surface area contributed by atoms with Crippen LogP contribution >= 0.6 is 0 Å². The van der Waals surface area contributed by atoms with Crippen molar-refractivity contribution in [2.24, 2.45) is 5.92 Å². The molecular formula is C14H18N2O4. The number of amides is 1. The molecule has 2 atom stereocenters. The number of carboxylic acid groups (broad SMARTS) is 2. The van der Waals surface area contributed by atoms with Gasteiger partial charge in [0.15, 0.2) is 0 Å². The van der Waals surface area contributed by atoms with E-state index >= 15 is 0 Å². The number of benzene rings is 1. The Balaban J connectivity index is 2.25. The number of nitrogen functional groups attached to an aromatic ring is 1. The molecule has 0 saturated carbocycles. The van der Waals surface area contributed by atoms with Crippen LogP contribution in [-0.4, -0.2) is 40.3 Å². The fraction of sp³-hybridized carbons (Fsp3) is 0.429. The standard InChI is InChI=1S/C14H18N2O4/c15-10-3-1-9(2-4-10)11-5-7-16(14(19)20)8-6-12(11)13(17)18/h1-4,11-12H,5-8,15H2,(H,17,18)(H,19,20)/t11?,12-/m0/s1.